The molecule has 0 radical (unpaired) electrons. The van der Waals surface area contributed by atoms with Crippen LogP contribution >= 0.6 is 0 Å². The molecule has 0 bridgehead atoms. The van der Waals surface area contributed by atoms with Crippen LogP contribution in [0.25, 0.3) is 0 Å². The van der Waals surface area contributed by atoms with Gasteiger partial charge in [-0.2, -0.15) is 0 Å². The molecule has 9 heavy (non-hydrogen) atoms. The molecule has 0 aliphatic heterocycles. The molecule has 0 aromatic heterocycles. The Morgan fingerprint density at radius 3 is 0.556 bits per heavy atom. The molecule has 0 atom stereocenters. The molecule has 0 rings (SSSR count). The van der Waals surface area contributed by atoms with E-state index in [0.29, 0.717) is 0 Å². The molecule has 0 nitrogen and oxygen atoms in total. The van der Waals surface area contributed by atoms with Gasteiger partial charge in [-0.05, 0) is 0 Å². The van der Waals surface area contributed by atoms with Crippen molar-refractivity contribution >= 4 is 176 Å². The summed E-state index contributed by atoms with van der Waals surface area (Å²) in [6.07, 6.45) is 0. The zero-order valence-corrected chi connectivity index (χ0v) is 27.0. The molecule has 9 heteroatoms. The van der Waals surface area contributed by atoms with E-state index in [0.717, 1.165) is 0 Å². The zero-order valence-electron chi connectivity index (χ0n) is 4.93. The van der Waals surface area contributed by atoms with Gasteiger partial charge in [0.1, 0.15) is 0 Å². The van der Waals surface area contributed by atoms with Crippen LogP contribution in [0.1, 0.15) is 0 Å². The third kappa shape index (κ3) is 49.7. The largest absolute Gasteiger partial charge is 4.00 e. The fourth-order valence-corrected chi connectivity index (χ4v) is 0. The summed E-state index contributed by atoms with van der Waals surface area (Å²) in [5, 5.41) is 0. The SMILES string of the molecule is [Ba+2].[Ba+2].[Cl-].[Cs+].[S-2].[S-2].[S-2].[S-2].[Sn+4]. The van der Waals surface area contributed by atoms with E-state index in [1.165, 1.54) is 0 Å². The average molecular weight is 690 g/mol. The first kappa shape index (κ1) is 69.5. The molecule has 0 heterocycles. The van der Waals surface area contributed by atoms with Crippen LogP contribution < -0.4 is 81.3 Å². The number of rotatable bonds is 0. The normalized spacial score (nSPS) is 0. The average Bonchev–Trinajstić information content (AvgIpc) is 0. The summed E-state index contributed by atoms with van der Waals surface area (Å²) in [7, 11) is 0. The summed E-state index contributed by atoms with van der Waals surface area (Å²) in [6.45, 7) is 0. The van der Waals surface area contributed by atoms with Crippen LogP contribution in [0.15, 0.2) is 0 Å². The first-order valence-electron chi connectivity index (χ1n) is 0. The topological polar surface area (TPSA) is 0 Å². The Hall–Kier alpha value is 7.68. The second-order valence-electron chi connectivity index (χ2n) is 0. The second-order valence-corrected chi connectivity index (χ2v) is 0. The smallest absolute Gasteiger partial charge is 2.00 e. The Morgan fingerprint density at radius 2 is 0.556 bits per heavy atom. The monoisotopic (exact) mass is 691 g/mol. The van der Waals surface area contributed by atoms with Crippen LogP contribution in [0.2, 0.25) is 0 Å². The quantitative estimate of drug-likeness (QED) is 0.222. The number of halogens is 1. The van der Waals surface area contributed by atoms with E-state index in [9.17, 15) is 0 Å². The fourth-order valence-electron chi connectivity index (χ4n) is 0. The Kier molecular flexibility index (Phi) is 442. The molecular weight excluding hydrogens is 690 g/mol. The van der Waals surface area contributed by atoms with Gasteiger partial charge < -0.3 is 66.4 Å². The van der Waals surface area contributed by atoms with Gasteiger partial charge in [0.2, 0.25) is 0 Å². The fraction of sp³-hybridized carbons (Fsp3) is 0. The molecule has 0 saturated carbocycles. The molecule has 0 saturated heterocycles. The van der Waals surface area contributed by atoms with Gasteiger partial charge in [-0.1, -0.05) is 0 Å². The molecule has 0 amide bonds. The molecule has 0 aliphatic carbocycles. The van der Waals surface area contributed by atoms with Crippen molar-refractivity contribution < 1.29 is 81.3 Å². The van der Waals surface area contributed by atoms with E-state index in [4.69, 9.17) is 0 Å². The van der Waals surface area contributed by atoms with Crippen molar-refractivity contribution in [1.82, 2.24) is 0 Å². The zero-order chi connectivity index (χ0) is 0. The van der Waals surface area contributed by atoms with Crippen molar-refractivity contribution in [2.45, 2.75) is 0 Å². The van der Waals surface area contributed by atoms with Crippen LogP contribution in [0.3, 0.4) is 0 Å². The number of hydrogen-bond donors (Lipinski definition) is 0. The van der Waals surface area contributed by atoms with Crippen molar-refractivity contribution in [1.29, 1.82) is 0 Å². The van der Waals surface area contributed by atoms with Crippen molar-refractivity contribution in [2.75, 3.05) is 0 Å². The maximum Gasteiger partial charge on any atom is 4.00 e. The van der Waals surface area contributed by atoms with Crippen molar-refractivity contribution in [2.24, 2.45) is 0 Å². The molecule has 0 aromatic rings. The van der Waals surface area contributed by atoms with Crippen LogP contribution in [0.4, 0.5) is 0 Å². The maximum absolute atomic E-state index is 0. The van der Waals surface area contributed by atoms with E-state index in [-0.39, 0.29) is 257 Å². The van der Waals surface area contributed by atoms with E-state index >= 15 is 0 Å². The minimum Gasteiger partial charge on any atom is -2.00 e. The minimum absolute atomic E-state index is 0. The minimum atomic E-state index is 0. The van der Waals surface area contributed by atoms with Crippen molar-refractivity contribution in [3.05, 3.63) is 0 Å². The molecule has 0 spiro atoms. The van der Waals surface area contributed by atoms with Gasteiger partial charge >= 0.3 is 191 Å². The van der Waals surface area contributed by atoms with Gasteiger partial charge in [0.25, 0.3) is 0 Å². The third-order valence-corrected chi connectivity index (χ3v) is 0. The second kappa shape index (κ2) is 57.3. The molecule has 0 aromatic carbocycles. The predicted octanol–water partition coefficient (Wildman–Crippen LogP) is -7.14. The Bertz CT molecular complexity index is 18.5. The molecular formula is Ba2ClCsS4Sn. The van der Waals surface area contributed by atoms with Crippen molar-refractivity contribution in [3.8, 4) is 0 Å². The van der Waals surface area contributed by atoms with E-state index in [2.05, 4.69) is 0 Å². The molecule has 0 N–H and O–H groups in total. The van der Waals surface area contributed by atoms with Gasteiger partial charge in [0.15, 0.2) is 0 Å². The summed E-state index contributed by atoms with van der Waals surface area (Å²) in [5.41, 5.74) is 0. The summed E-state index contributed by atoms with van der Waals surface area (Å²) in [6, 6.07) is 0. The Morgan fingerprint density at radius 1 is 0.556 bits per heavy atom. The molecule has 40 valence electrons. The van der Waals surface area contributed by atoms with Crippen LogP contribution in [0, 0.1) is 0 Å². The maximum atomic E-state index is 0. The van der Waals surface area contributed by atoms with Gasteiger partial charge in [0.05, 0.1) is 0 Å². The summed E-state index contributed by atoms with van der Waals surface area (Å²) < 4.78 is 0. The predicted molar refractivity (Wildman–Crippen MR) is 46.7 cm³/mol. The number of hydrogen-bond acceptors (Lipinski definition) is 0. The summed E-state index contributed by atoms with van der Waals surface area (Å²) in [5.74, 6) is 0. The first-order chi connectivity index (χ1) is 0. The molecule has 0 aliphatic rings. The van der Waals surface area contributed by atoms with E-state index in [1.54, 1.807) is 0 Å². The Labute approximate surface area is 248 Å². The van der Waals surface area contributed by atoms with Gasteiger partial charge in [-0.15, -0.1) is 0 Å². The van der Waals surface area contributed by atoms with E-state index in [1.807, 2.05) is 0 Å². The third-order valence-electron chi connectivity index (χ3n) is 0. The Balaban J connectivity index is 0. The van der Waals surface area contributed by atoms with Gasteiger partial charge in [0, 0.05) is 0 Å². The van der Waals surface area contributed by atoms with Crippen LogP contribution in [0.5, 0.6) is 0 Å². The summed E-state index contributed by atoms with van der Waals surface area (Å²) in [4.78, 5) is 0. The van der Waals surface area contributed by atoms with Crippen LogP contribution in [-0.4, -0.2) is 122 Å². The molecule has 0 unspecified atom stereocenters. The van der Waals surface area contributed by atoms with E-state index < -0.39 is 0 Å². The van der Waals surface area contributed by atoms with Gasteiger partial charge in [-0.3, -0.25) is 0 Å². The van der Waals surface area contributed by atoms with Gasteiger partial charge in [-0.25, -0.2) is 0 Å². The summed E-state index contributed by atoms with van der Waals surface area (Å²) >= 11 is 0. The standard InChI is InChI=1S/2Ba.ClH.Cs.4S.Sn/h;;1H;;;;;;/q2*+2;;+1;4*-2;+4/p-1. The van der Waals surface area contributed by atoms with Crippen LogP contribution in [-0.2, 0) is 54.0 Å². The molecule has 0 fully saturated rings. The first-order valence-corrected chi connectivity index (χ1v) is 0. The van der Waals surface area contributed by atoms with Crippen molar-refractivity contribution in [3.63, 3.8) is 0 Å².